The molecule has 1 aliphatic rings. The van der Waals surface area contributed by atoms with Crippen molar-refractivity contribution in [2.75, 3.05) is 13.2 Å². The molecule has 1 aliphatic heterocycles. The number of hydrogen-bond donors (Lipinski definition) is 1. The van der Waals surface area contributed by atoms with Crippen LogP contribution in [0, 0.1) is 6.73 Å². The summed E-state index contributed by atoms with van der Waals surface area (Å²) < 4.78 is 4.57. The second-order valence-corrected chi connectivity index (χ2v) is 1.93. The van der Waals surface area contributed by atoms with Gasteiger partial charge in [0.05, 0.1) is 6.61 Å². The van der Waals surface area contributed by atoms with E-state index in [1.54, 1.807) is 0 Å². The number of carbonyl (C=O) groups excluding carboxylic acids is 1. The van der Waals surface area contributed by atoms with Gasteiger partial charge in [-0.2, -0.15) is 0 Å². The summed E-state index contributed by atoms with van der Waals surface area (Å²) in [7, 11) is 0. The van der Waals surface area contributed by atoms with Gasteiger partial charge in [0.15, 0.2) is 0 Å². The van der Waals surface area contributed by atoms with E-state index in [4.69, 9.17) is 5.11 Å². The van der Waals surface area contributed by atoms with E-state index in [1.807, 2.05) is 0 Å². The molecule has 0 atom stereocenters. The number of aliphatic hydroxyl groups is 1. The van der Waals surface area contributed by atoms with E-state index in [9.17, 15) is 9.90 Å². The van der Waals surface area contributed by atoms with Crippen molar-refractivity contribution in [3.05, 3.63) is 18.8 Å². The molecule has 0 aromatic heterocycles. The SMILES string of the molecule is O=C1C(=C[O-])O[CH-]N1CCO. The van der Waals surface area contributed by atoms with Gasteiger partial charge in [-0.1, -0.05) is 6.73 Å². The van der Waals surface area contributed by atoms with Gasteiger partial charge in [0.2, 0.25) is 0 Å². The molecule has 1 fully saturated rings. The maximum Gasteiger partial charge on any atom is 0.258 e. The van der Waals surface area contributed by atoms with Crippen molar-refractivity contribution in [1.29, 1.82) is 0 Å². The van der Waals surface area contributed by atoms with Crippen LogP contribution in [0.15, 0.2) is 12.0 Å². The van der Waals surface area contributed by atoms with Crippen molar-refractivity contribution in [2.24, 2.45) is 0 Å². The Hall–Kier alpha value is -1.23. The summed E-state index contributed by atoms with van der Waals surface area (Å²) in [6.45, 7) is 1.11. The molecule has 0 saturated carbocycles. The van der Waals surface area contributed by atoms with Crippen LogP contribution in [0.3, 0.4) is 0 Å². The van der Waals surface area contributed by atoms with Crippen LogP contribution < -0.4 is 5.11 Å². The van der Waals surface area contributed by atoms with Crippen LogP contribution in [0.5, 0.6) is 0 Å². The van der Waals surface area contributed by atoms with Gasteiger partial charge in [-0.3, -0.25) is 4.79 Å². The molecule has 0 aromatic carbocycles. The molecule has 5 nitrogen and oxygen atoms in total. The molecule has 0 unspecified atom stereocenters. The standard InChI is InChI=1S/C6H8NO4/c8-2-1-7-4-11-5(3-9)6(7)10/h3-4,8-9H,1-2H2/q-1/p-1. The Morgan fingerprint density at radius 1 is 1.82 bits per heavy atom. The van der Waals surface area contributed by atoms with Crippen molar-refractivity contribution in [3.63, 3.8) is 0 Å². The van der Waals surface area contributed by atoms with Crippen LogP contribution in [-0.4, -0.2) is 29.1 Å². The lowest BCUT2D eigenvalue weighted by Crippen LogP contribution is -2.25. The molecule has 11 heavy (non-hydrogen) atoms. The van der Waals surface area contributed by atoms with Crippen LogP contribution >= 0.6 is 0 Å². The lowest BCUT2D eigenvalue weighted by atomic mass is 10.5. The lowest BCUT2D eigenvalue weighted by Gasteiger charge is -2.19. The fraction of sp³-hybridized carbons (Fsp3) is 0.333. The molecule has 0 spiro atoms. The molecule has 1 rings (SSSR count). The lowest BCUT2D eigenvalue weighted by molar-refractivity contribution is -0.278. The zero-order chi connectivity index (χ0) is 8.27. The molecular formula is C6H7NO4-2. The summed E-state index contributed by atoms with van der Waals surface area (Å²) in [6.07, 6.45) is 0.343. The number of amides is 1. The highest BCUT2D eigenvalue weighted by atomic mass is 16.5. The molecule has 5 heteroatoms. The van der Waals surface area contributed by atoms with Crippen LogP contribution in [-0.2, 0) is 9.53 Å². The van der Waals surface area contributed by atoms with Gasteiger partial charge < -0.3 is 19.8 Å². The van der Waals surface area contributed by atoms with Gasteiger partial charge in [0.1, 0.15) is 5.76 Å². The Labute approximate surface area is 63.5 Å². The van der Waals surface area contributed by atoms with Crippen molar-refractivity contribution in [2.45, 2.75) is 0 Å². The average Bonchev–Trinajstić information content (AvgIpc) is 2.34. The molecular weight excluding hydrogens is 150 g/mol. The second kappa shape index (κ2) is 3.25. The normalized spacial score (nSPS) is 21.0. The molecule has 1 N–H and O–H groups in total. The Kier molecular flexibility index (Phi) is 2.32. The fourth-order valence-electron chi connectivity index (χ4n) is 0.700. The first-order valence-electron chi connectivity index (χ1n) is 3.03. The van der Waals surface area contributed by atoms with Crippen molar-refractivity contribution >= 4 is 5.91 Å². The minimum Gasteiger partial charge on any atom is -0.875 e. The van der Waals surface area contributed by atoms with Crippen molar-refractivity contribution < 1.29 is 19.7 Å². The Morgan fingerprint density at radius 2 is 2.55 bits per heavy atom. The maximum absolute atomic E-state index is 10.9. The van der Waals surface area contributed by atoms with Crippen molar-refractivity contribution in [3.8, 4) is 0 Å². The summed E-state index contributed by atoms with van der Waals surface area (Å²) in [5.41, 5.74) is 0. The van der Waals surface area contributed by atoms with Crippen LogP contribution in [0.4, 0.5) is 0 Å². The van der Waals surface area contributed by atoms with E-state index in [-0.39, 0.29) is 18.9 Å². The molecule has 62 valence electrons. The van der Waals surface area contributed by atoms with Gasteiger partial charge in [-0.15, -0.1) is 6.26 Å². The largest absolute Gasteiger partial charge is 0.875 e. The van der Waals surface area contributed by atoms with Crippen LogP contribution in [0.1, 0.15) is 0 Å². The molecule has 1 heterocycles. The predicted molar refractivity (Wildman–Crippen MR) is 32.3 cm³/mol. The summed E-state index contributed by atoms with van der Waals surface area (Å²) in [6, 6.07) is 0. The van der Waals surface area contributed by atoms with E-state index >= 15 is 0 Å². The smallest absolute Gasteiger partial charge is 0.258 e. The zero-order valence-electron chi connectivity index (χ0n) is 5.69. The quantitative estimate of drug-likeness (QED) is 0.290. The third-order valence-corrected chi connectivity index (χ3v) is 1.23. The molecule has 0 bridgehead atoms. The van der Waals surface area contributed by atoms with E-state index in [1.165, 1.54) is 0 Å². The first-order chi connectivity index (χ1) is 5.29. The highest BCUT2D eigenvalue weighted by Crippen LogP contribution is 2.14. The van der Waals surface area contributed by atoms with Crippen molar-refractivity contribution in [1.82, 2.24) is 4.90 Å². The Balaban J connectivity index is 2.56. The van der Waals surface area contributed by atoms with Crippen LogP contribution in [0.25, 0.3) is 0 Å². The Bertz CT molecular complexity index is 189. The number of ether oxygens (including phenoxy) is 1. The number of carbonyl (C=O) groups is 1. The molecule has 1 amide bonds. The van der Waals surface area contributed by atoms with Gasteiger partial charge in [-0.25, -0.2) is 0 Å². The molecule has 0 aliphatic carbocycles. The van der Waals surface area contributed by atoms with E-state index < -0.39 is 5.91 Å². The second-order valence-electron chi connectivity index (χ2n) is 1.93. The number of aliphatic hydroxyl groups excluding tert-OH is 1. The number of hydrogen-bond acceptors (Lipinski definition) is 4. The summed E-state index contributed by atoms with van der Waals surface area (Å²) in [5.74, 6) is -0.743. The zero-order valence-corrected chi connectivity index (χ0v) is 5.69. The van der Waals surface area contributed by atoms with Gasteiger partial charge in [0.25, 0.3) is 5.91 Å². The molecule has 1 saturated heterocycles. The summed E-state index contributed by atoms with van der Waals surface area (Å²) >= 11 is 0. The highest BCUT2D eigenvalue weighted by Gasteiger charge is 2.16. The first-order valence-corrected chi connectivity index (χ1v) is 3.03. The van der Waals surface area contributed by atoms with E-state index in [2.05, 4.69) is 4.74 Å². The highest BCUT2D eigenvalue weighted by molar-refractivity contribution is 5.93. The third kappa shape index (κ3) is 1.43. The fourth-order valence-corrected chi connectivity index (χ4v) is 0.700. The van der Waals surface area contributed by atoms with E-state index in [0.717, 1.165) is 11.6 Å². The number of nitrogens with zero attached hydrogens (tertiary/aromatic N) is 1. The monoisotopic (exact) mass is 157 g/mol. The molecule has 0 aromatic rings. The third-order valence-electron chi connectivity index (χ3n) is 1.23. The minimum absolute atomic E-state index is 0.149. The molecule has 0 radical (unpaired) electrons. The van der Waals surface area contributed by atoms with Gasteiger partial charge in [-0.05, 0) is 0 Å². The Morgan fingerprint density at radius 3 is 3.00 bits per heavy atom. The number of rotatable bonds is 2. The summed E-state index contributed by atoms with van der Waals surface area (Å²) in [5, 5.41) is 18.5. The maximum atomic E-state index is 10.9. The predicted octanol–water partition coefficient (Wildman–Crippen LogP) is -1.84. The number of β-amino-alcohol motifs (C(OH)–C–C–N with tert-alkyl or cyclic N) is 1. The first kappa shape index (κ1) is 7.87. The average molecular weight is 157 g/mol. The van der Waals surface area contributed by atoms with Gasteiger partial charge >= 0.3 is 0 Å². The topological polar surface area (TPSA) is 72.8 Å². The van der Waals surface area contributed by atoms with Crippen LogP contribution in [0.2, 0.25) is 0 Å². The van der Waals surface area contributed by atoms with E-state index in [0.29, 0.717) is 6.26 Å². The van der Waals surface area contributed by atoms with Gasteiger partial charge in [0, 0.05) is 6.54 Å². The minimum atomic E-state index is -0.506. The summed E-state index contributed by atoms with van der Waals surface area (Å²) in [4.78, 5) is 12.0.